The largest absolute Gasteiger partial charge is 0.387 e. The van der Waals surface area contributed by atoms with Crippen LogP contribution in [0.3, 0.4) is 0 Å². The molecule has 0 amide bonds. The monoisotopic (exact) mass is 336 g/mol. The van der Waals surface area contributed by atoms with E-state index >= 15 is 0 Å². The fourth-order valence-electron chi connectivity index (χ4n) is 2.10. The first-order valence-electron chi connectivity index (χ1n) is 6.96. The fraction of sp³-hybridized carbons (Fsp3) is 0.188. The number of aliphatic hydroxyl groups excluding tert-OH is 1. The van der Waals surface area contributed by atoms with Gasteiger partial charge in [-0.15, -0.1) is 0 Å². The smallest absolute Gasteiger partial charge is 0.293 e. The third kappa shape index (κ3) is 3.90. The van der Waals surface area contributed by atoms with Gasteiger partial charge in [0.05, 0.1) is 11.0 Å². The van der Waals surface area contributed by atoms with E-state index in [1.807, 2.05) is 0 Å². The summed E-state index contributed by atoms with van der Waals surface area (Å²) in [6.45, 7) is 1.13. The number of ketones is 1. The van der Waals surface area contributed by atoms with Crippen LogP contribution in [0, 0.1) is 21.7 Å². The third-order valence-electron chi connectivity index (χ3n) is 3.42. The summed E-state index contributed by atoms with van der Waals surface area (Å²) in [7, 11) is 0. The minimum atomic E-state index is -1.20. The number of hydrogen-bond donors (Lipinski definition) is 2. The van der Waals surface area contributed by atoms with Crippen LogP contribution in [0.2, 0.25) is 0 Å². The second-order valence-corrected chi connectivity index (χ2v) is 5.12. The number of carbonyl (C=O) groups is 1. The molecule has 0 fully saturated rings. The Morgan fingerprint density at radius 1 is 1.25 bits per heavy atom. The molecule has 0 saturated carbocycles. The highest BCUT2D eigenvalue weighted by molar-refractivity contribution is 5.95. The van der Waals surface area contributed by atoms with Crippen molar-refractivity contribution in [3.8, 4) is 0 Å². The van der Waals surface area contributed by atoms with Crippen LogP contribution >= 0.6 is 0 Å². The van der Waals surface area contributed by atoms with Gasteiger partial charge in [0, 0.05) is 18.2 Å². The summed E-state index contributed by atoms with van der Waals surface area (Å²) in [4.78, 5) is 21.7. The summed E-state index contributed by atoms with van der Waals surface area (Å²) in [5.41, 5.74) is 0.102. The molecule has 2 N–H and O–H groups in total. The van der Waals surface area contributed by atoms with E-state index in [4.69, 9.17) is 0 Å². The highest BCUT2D eigenvalue weighted by Gasteiger charge is 2.18. The van der Waals surface area contributed by atoms with E-state index in [2.05, 4.69) is 5.32 Å². The molecule has 6 nitrogen and oxygen atoms in total. The van der Waals surface area contributed by atoms with Crippen molar-refractivity contribution in [2.24, 2.45) is 0 Å². The molecule has 0 aliphatic heterocycles. The first kappa shape index (κ1) is 17.5. The van der Waals surface area contributed by atoms with Gasteiger partial charge in [-0.1, -0.05) is 6.07 Å². The van der Waals surface area contributed by atoms with Crippen LogP contribution in [-0.4, -0.2) is 22.4 Å². The van der Waals surface area contributed by atoms with Crippen molar-refractivity contribution < 1.29 is 23.6 Å². The number of rotatable bonds is 6. The molecular formula is C16H14F2N2O4. The van der Waals surface area contributed by atoms with E-state index in [0.29, 0.717) is 0 Å². The maximum atomic E-state index is 13.2. The average molecular weight is 336 g/mol. The molecule has 0 aliphatic rings. The molecule has 0 radical (unpaired) electrons. The first-order chi connectivity index (χ1) is 11.3. The third-order valence-corrected chi connectivity index (χ3v) is 3.42. The second kappa shape index (κ2) is 7.14. The maximum Gasteiger partial charge on any atom is 0.293 e. The van der Waals surface area contributed by atoms with Crippen molar-refractivity contribution in [3.05, 3.63) is 69.3 Å². The van der Waals surface area contributed by atoms with E-state index in [-0.39, 0.29) is 34.8 Å². The van der Waals surface area contributed by atoms with E-state index in [1.165, 1.54) is 25.1 Å². The van der Waals surface area contributed by atoms with Crippen LogP contribution in [0.5, 0.6) is 0 Å². The quantitative estimate of drug-likeness (QED) is 0.480. The number of hydrogen-bond acceptors (Lipinski definition) is 5. The number of anilines is 1. The zero-order valence-corrected chi connectivity index (χ0v) is 12.6. The molecule has 2 rings (SSSR count). The first-order valence-corrected chi connectivity index (χ1v) is 6.96. The Balaban J connectivity index is 2.17. The lowest BCUT2D eigenvalue weighted by atomic mass is 10.1. The number of benzene rings is 2. The number of Topliss-reactive ketones (excluding diaryl/α,β-unsaturated/α-hetero) is 1. The summed E-state index contributed by atoms with van der Waals surface area (Å²) in [5.74, 6) is -2.44. The summed E-state index contributed by atoms with van der Waals surface area (Å²) >= 11 is 0. The van der Waals surface area contributed by atoms with Crippen molar-refractivity contribution in [2.45, 2.75) is 13.0 Å². The zero-order valence-electron chi connectivity index (χ0n) is 12.6. The zero-order chi connectivity index (χ0) is 17.9. The van der Waals surface area contributed by atoms with Crippen molar-refractivity contribution in [1.82, 2.24) is 0 Å². The predicted octanol–water partition coefficient (Wildman–Crippen LogP) is 3.22. The molecule has 8 heteroatoms. The summed E-state index contributed by atoms with van der Waals surface area (Å²) in [5, 5.41) is 23.8. The Morgan fingerprint density at radius 3 is 2.54 bits per heavy atom. The molecule has 126 valence electrons. The van der Waals surface area contributed by atoms with Gasteiger partial charge in [0.2, 0.25) is 0 Å². The minimum Gasteiger partial charge on any atom is -0.387 e. The second-order valence-electron chi connectivity index (χ2n) is 5.12. The maximum absolute atomic E-state index is 13.2. The lowest BCUT2D eigenvalue weighted by molar-refractivity contribution is -0.384. The Bertz CT molecular complexity index is 796. The van der Waals surface area contributed by atoms with Gasteiger partial charge >= 0.3 is 0 Å². The lowest BCUT2D eigenvalue weighted by Crippen LogP contribution is -2.13. The average Bonchev–Trinajstić information content (AvgIpc) is 2.54. The van der Waals surface area contributed by atoms with E-state index < -0.39 is 22.7 Å². The standard InChI is InChI=1S/C16H14F2N2O4/c1-9(21)10-3-5-14(15(7-10)20(23)24)19-8-16(22)11-2-4-12(17)13(18)6-11/h2-7,16,19,22H,8H2,1H3/t16-/m1/s1. The summed E-state index contributed by atoms with van der Waals surface area (Å²) in [6, 6.07) is 6.87. The SMILES string of the molecule is CC(=O)c1ccc(NC[C@@H](O)c2ccc(F)c(F)c2)c([N+](=O)[O-])c1. The van der Waals surface area contributed by atoms with Crippen molar-refractivity contribution >= 4 is 17.2 Å². The van der Waals surface area contributed by atoms with Gasteiger partial charge in [-0.3, -0.25) is 14.9 Å². The minimum absolute atomic E-state index is 0.103. The van der Waals surface area contributed by atoms with Gasteiger partial charge in [0.25, 0.3) is 5.69 Å². The Hall–Kier alpha value is -2.87. The number of nitro groups is 1. The van der Waals surface area contributed by atoms with Gasteiger partial charge < -0.3 is 10.4 Å². The van der Waals surface area contributed by atoms with Gasteiger partial charge in [-0.2, -0.15) is 0 Å². The van der Waals surface area contributed by atoms with E-state index in [1.54, 1.807) is 0 Å². The highest BCUT2D eigenvalue weighted by Crippen LogP contribution is 2.27. The molecule has 1 atom stereocenters. The Labute approximate surface area is 135 Å². The van der Waals surface area contributed by atoms with Crippen LogP contribution < -0.4 is 5.32 Å². The number of nitrogens with zero attached hydrogens (tertiary/aromatic N) is 1. The van der Waals surface area contributed by atoms with Crippen molar-refractivity contribution in [1.29, 1.82) is 0 Å². The number of nitro benzene ring substituents is 1. The van der Waals surface area contributed by atoms with Gasteiger partial charge in [-0.05, 0) is 36.8 Å². The molecule has 0 unspecified atom stereocenters. The van der Waals surface area contributed by atoms with Crippen molar-refractivity contribution in [3.63, 3.8) is 0 Å². The molecule has 0 aromatic heterocycles. The van der Waals surface area contributed by atoms with Crippen molar-refractivity contribution in [2.75, 3.05) is 11.9 Å². The lowest BCUT2D eigenvalue weighted by Gasteiger charge is -2.14. The molecule has 2 aromatic rings. The Kier molecular flexibility index (Phi) is 5.20. The summed E-state index contributed by atoms with van der Waals surface area (Å²) < 4.78 is 26.0. The molecular weight excluding hydrogens is 322 g/mol. The number of halogens is 2. The van der Waals surface area contributed by atoms with Gasteiger partial charge in [-0.25, -0.2) is 8.78 Å². The van der Waals surface area contributed by atoms with Gasteiger partial charge in [0.1, 0.15) is 5.69 Å². The Morgan fingerprint density at radius 2 is 1.96 bits per heavy atom. The number of carbonyl (C=O) groups excluding carboxylic acids is 1. The normalized spacial score (nSPS) is 11.8. The number of aliphatic hydroxyl groups is 1. The molecule has 0 bridgehead atoms. The number of nitrogens with one attached hydrogen (secondary N) is 1. The van der Waals surface area contributed by atoms with E-state index in [0.717, 1.165) is 18.2 Å². The van der Waals surface area contributed by atoms with Crippen LogP contribution in [0.15, 0.2) is 36.4 Å². The van der Waals surface area contributed by atoms with Crippen LogP contribution in [0.25, 0.3) is 0 Å². The topological polar surface area (TPSA) is 92.5 Å². The highest BCUT2D eigenvalue weighted by atomic mass is 19.2. The van der Waals surface area contributed by atoms with Crippen LogP contribution in [-0.2, 0) is 0 Å². The molecule has 0 saturated heterocycles. The van der Waals surface area contributed by atoms with E-state index in [9.17, 15) is 28.8 Å². The molecule has 0 aliphatic carbocycles. The molecule has 24 heavy (non-hydrogen) atoms. The molecule has 0 spiro atoms. The molecule has 2 aromatic carbocycles. The molecule has 0 heterocycles. The van der Waals surface area contributed by atoms with Gasteiger partial charge in [0.15, 0.2) is 17.4 Å². The van der Waals surface area contributed by atoms with Crippen LogP contribution in [0.4, 0.5) is 20.2 Å². The summed E-state index contributed by atoms with van der Waals surface area (Å²) in [6.07, 6.45) is -1.20. The predicted molar refractivity (Wildman–Crippen MR) is 82.9 cm³/mol. The fourth-order valence-corrected chi connectivity index (χ4v) is 2.10. The van der Waals surface area contributed by atoms with Crippen LogP contribution in [0.1, 0.15) is 28.9 Å².